The van der Waals surface area contributed by atoms with Crippen LogP contribution in [0.25, 0.3) is 0 Å². The van der Waals surface area contributed by atoms with Gasteiger partial charge in [0.15, 0.2) is 11.6 Å². The van der Waals surface area contributed by atoms with Gasteiger partial charge >= 0.3 is 5.97 Å². The zero-order valence-corrected chi connectivity index (χ0v) is 17.9. The van der Waals surface area contributed by atoms with Crippen molar-refractivity contribution < 1.29 is 23.8 Å². The Morgan fingerprint density at radius 2 is 1.90 bits per heavy atom. The molecule has 2 aliphatic rings. The summed E-state index contributed by atoms with van der Waals surface area (Å²) in [7, 11) is 0. The molecule has 2 aromatic rings. The molecule has 0 spiro atoms. The van der Waals surface area contributed by atoms with Crippen LogP contribution in [0.1, 0.15) is 37.8 Å². The van der Waals surface area contributed by atoms with Crippen LogP contribution in [0.3, 0.4) is 0 Å². The molecule has 2 fully saturated rings. The highest BCUT2D eigenvalue weighted by Crippen LogP contribution is 2.52. The Balaban J connectivity index is 0.00000132. The number of hydrogen-bond donors (Lipinski definition) is 2. The van der Waals surface area contributed by atoms with E-state index in [1.807, 2.05) is 26.0 Å². The molecule has 0 bridgehead atoms. The predicted octanol–water partition coefficient (Wildman–Crippen LogP) is 4.79. The van der Waals surface area contributed by atoms with Gasteiger partial charge < -0.3 is 15.2 Å². The second-order valence-corrected chi connectivity index (χ2v) is 7.97. The van der Waals surface area contributed by atoms with Crippen molar-refractivity contribution in [2.45, 2.75) is 39.5 Å². The molecule has 0 aromatic heterocycles. The Kier molecular flexibility index (Phi) is 6.78. The van der Waals surface area contributed by atoms with Crippen molar-refractivity contribution in [3.8, 4) is 5.75 Å². The van der Waals surface area contributed by atoms with Gasteiger partial charge in [0.1, 0.15) is 0 Å². The first-order chi connectivity index (χ1) is 14.9. The van der Waals surface area contributed by atoms with E-state index in [0.29, 0.717) is 30.7 Å². The number of carbonyl (C=O) groups is 2. The lowest BCUT2D eigenvalue weighted by Gasteiger charge is -2.24. The number of nitrogens with one attached hydrogen (secondary N) is 1. The third-order valence-corrected chi connectivity index (χ3v) is 5.84. The van der Waals surface area contributed by atoms with Gasteiger partial charge in [0.2, 0.25) is 5.91 Å². The van der Waals surface area contributed by atoms with Crippen molar-refractivity contribution >= 4 is 17.6 Å². The molecule has 2 aromatic carbocycles. The Bertz CT molecular complexity index is 986. The zero-order chi connectivity index (χ0) is 22.6. The number of allylic oxidation sites excluding steroid dienone is 1. The average Bonchev–Trinajstić information content (AvgIpc) is 3.21. The zero-order valence-electron chi connectivity index (χ0n) is 17.9. The highest BCUT2D eigenvalue weighted by molar-refractivity contribution is 5.92. The lowest BCUT2D eigenvalue weighted by Crippen LogP contribution is -2.31. The summed E-state index contributed by atoms with van der Waals surface area (Å²) in [6, 6.07) is 11.3. The third kappa shape index (κ3) is 4.79. The maximum atomic E-state index is 13.4. The molecule has 1 saturated heterocycles. The number of cyclic esters (lactones) is 1. The average molecular weight is 426 g/mol. The number of halogens is 1. The number of phenolic OH excluding ortho intramolecular Hbond substituents is 1. The lowest BCUT2D eigenvalue weighted by atomic mass is 9.75. The Morgan fingerprint density at radius 3 is 2.58 bits per heavy atom. The number of phenols is 1. The monoisotopic (exact) mass is 425 g/mol. The molecule has 2 N–H and O–H groups in total. The SMILES string of the molecule is C=C1CC2COC(=O)C2(Cc2ccc(NC(=O)Cc3ccc(O)c(F)c3)cc2)C1.CC. The fraction of sp³-hybridized carbons (Fsp3) is 0.360. The topological polar surface area (TPSA) is 75.6 Å². The van der Waals surface area contributed by atoms with E-state index in [1.54, 1.807) is 12.1 Å². The summed E-state index contributed by atoms with van der Waals surface area (Å²) in [6.07, 6.45) is 2.09. The molecular formula is C25H28FNO4. The number of benzene rings is 2. The molecule has 31 heavy (non-hydrogen) atoms. The van der Waals surface area contributed by atoms with Crippen LogP contribution < -0.4 is 5.32 Å². The van der Waals surface area contributed by atoms with Gasteiger partial charge in [-0.15, -0.1) is 0 Å². The molecule has 1 aliphatic heterocycles. The van der Waals surface area contributed by atoms with E-state index in [9.17, 15) is 19.1 Å². The number of esters is 1. The minimum Gasteiger partial charge on any atom is -0.505 e. The first-order valence-electron chi connectivity index (χ1n) is 10.6. The summed E-state index contributed by atoms with van der Waals surface area (Å²) in [6.45, 7) is 8.52. The quantitative estimate of drug-likeness (QED) is 0.533. The van der Waals surface area contributed by atoms with Crippen LogP contribution in [0, 0.1) is 17.2 Å². The fourth-order valence-corrected chi connectivity index (χ4v) is 4.38. The molecule has 0 radical (unpaired) electrons. The lowest BCUT2D eigenvalue weighted by molar-refractivity contribution is -0.146. The minimum atomic E-state index is -0.752. The number of carbonyl (C=O) groups excluding carboxylic acids is 2. The van der Waals surface area contributed by atoms with Gasteiger partial charge in [0.05, 0.1) is 18.4 Å². The Labute approximate surface area is 181 Å². The van der Waals surface area contributed by atoms with Gasteiger partial charge in [-0.2, -0.15) is 0 Å². The largest absolute Gasteiger partial charge is 0.505 e. The number of aromatic hydroxyl groups is 1. The summed E-state index contributed by atoms with van der Waals surface area (Å²) < 4.78 is 18.7. The van der Waals surface area contributed by atoms with Crippen LogP contribution in [0.5, 0.6) is 5.75 Å². The summed E-state index contributed by atoms with van der Waals surface area (Å²) >= 11 is 0. The summed E-state index contributed by atoms with van der Waals surface area (Å²) in [4.78, 5) is 24.6. The number of ether oxygens (including phenoxy) is 1. The van der Waals surface area contributed by atoms with Crippen molar-refractivity contribution in [3.63, 3.8) is 0 Å². The number of anilines is 1. The smallest absolute Gasteiger partial charge is 0.313 e. The second-order valence-electron chi connectivity index (χ2n) is 7.97. The van der Waals surface area contributed by atoms with E-state index in [0.717, 1.165) is 23.6 Å². The molecule has 1 saturated carbocycles. The fourth-order valence-electron chi connectivity index (χ4n) is 4.38. The molecule has 5 nitrogen and oxygen atoms in total. The summed E-state index contributed by atoms with van der Waals surface area (Å²) in [5.41, 5.74) is 2.69. The van der Waals surface area contributed by atoms with Crippen LogP contribution in [-0.2, 0) is 27.2 Å². The Hall–Kier alpha value is -3.15. The molecule has 4 rings (SSSR count). The molecule has 2 unspecified atom stereocenters. The van der Waals surface area contributed by atoms with Gasteiger partial charge in [-0.1, -0.05) is 44.2 Å². The first-order valence-corrected chi connectivity index (χ1v) is 10.6. The predicted molar refractivity (Wildman–Crippen MR) is 117 cm³/mol. The van der Waals surface area contributed by atoms with Crippen molar-refractivity contribution in [1.29, 1.82) is 0 Å². The number of hydrogen-bond acceptors (Lipinski definition) is 4. The van der Waals surface area contributed by atoms with Gasteiger partial charge in [0.25, 0.3) is 0 Å². The minimum absolute atomic E-state index is 0.00229. The normalized spacial score (nSPS) is 21.7. The summed E-state index contributed by atoms with van der Waals surface area (Å²) in [5, 5.41) is 12.0. The summed E-state index contributed by atoms with van der Waals surface area (Å²) in [5.74, 6) is -1.43. The molecule has 6 heteroatoms. The van der Waals surface area contributed by atoms with Gasteiger partial charge in [-0.3, -0.25) is 9.59 Å². The number of fused-ring (bicyclic) bond motifs is 1. The van der Waals surface area contributed by atoms with Crippen LogP contribution in [0.2, 0.25) is 0 Å². The third-order valence-electron chi connectivity index (χ3n) is 5.84. The molecule has 1 amide bonds. The van der Waals surface area contributed by atoms with Crippen molar-refractivity contribution in [2.75, 3.05) is 11.9 Å². The molecule has 164 valence electrons. The van der Waals surface area contributed by atoms with E-state index < -0.39 is 17.0 Å². The van der Waals surface area contributed by atoms with Crippen LogP contribution in [0.15, 0.2) is 54.6 Å². The van der Waals surface area contributed by atoms with Crippen molar-refractivity contribution in [3.05, 3.63) is 71.6 Å². The van der Waals surface area contributed by atoms with E-state index in [1.165, 1.54) is 12.1 Å². The maximum Gasteiger partial charge on any atom is 0.313 e. The number of rotatable bonds is 5. The Morgan fingerprint density at radius 1 is 1.23 bits per heavy atom. The van der Waals surface area contributed by atoms with Crippen LogP contribution in [-0.4, -0.2) is 23.6 Å². The van der Waals surface area contributed by atoms with E-state index >= 15 is 0 Å². The van der Waals surface area contributed by atoms with Gasteiger partial charge in [0, 0.05) is 11.6 Å². The van der Waals surface area contributed by atoms with Crippen LogP contribution in [0.4, 0.5) is 10.1 Å². The molecule has 1 aliphatic carbocycles. The second kappa shape index (κ2) is 9.33. The number of amides is 1. The van der Waals surface area contributed by atoms with E-state index in [4.69, 9.17) is 4.74 Å². The highest BCUT2D eigenvalue weighted by Gasteiger charge is 2.55. The van der Waals surface area contributed by atoms with Gasteiger partial charge in [-0.05, 0) is 54.7 Å². The van der Waals surface area contributed by atoms with Gasteiger partial charge in [-0.25, -0.2) is 4.39 Å². The van der Waals surface area contributed by atoms with E-state index in [2.05, 4.69) is 11.9 Å². The molecular weight excluding hydrogens is 397 g/mol. The maximum absolute atomic E-state index is 13.4. The van der Waals surface area contributed by atoms with Crippen LogP contribution >= 0.6 is 0 Å². The van der Waals surface area contributed by atoms with E-state index in [-0.39, 0.29) is 24.2 Å². The molecule has 2 atom stereocenters. The first kappa shape index (κ1) is 22.5. The van der Waals surface area contributed by atoms with Crippen molar-refractivity contribution in [1.82, 2.24) is 0 Å². The standard InChI is InChI=1S/C23H22FNO4.C2H6/c1-14-8-17-13-29-22(28)23(17,11-14)12-15-2-5-18(6-3-15)25-21(27)10-16-4-7-20(26)19(24)9-16;1-2/h2-7,9,17,26H,1,8,10-13H2,(H,25,27);1-2H3. The molecule has 1 heterocycles. The highest BCUT2D eigenvalue weighted by atomic mass is 19.1. The van der Waals surface area contributed by atoms with Crippen molar-refractivity contribution in [2.24, 2.45) is 11.3 Å².